The van der Waals surface area contributed by atoms with Gasteiger partial charge in [-0.15, -0.1) is 0 Å². The van der Waals surface area contributed by atoms with Crippen LogP contribution >= 0.6 is 0 Å². The third kappa shape index (κ3) is 3.21. The van der Waals surface area contributed by atoms with Gasteiger partial charge < -0.3 is 9.47 Å². The average Bonchev–Trinajstić information content (AvgIpc) is 2.37. The number of aryl methyl sites for hydroxylation is 1. The van der Waals surface area contributed by atoms with Crippen molar-refractivity contribution in [2.45, 2.75) is 13.5 Å². The minimum absolute atomic E-state index is 0.445. The van der Waals surface area contributed by atoms with Crippen LogP contribution in [0.5, 0.6) is 11.6 Å². The van der Waals surface area contributed by atoms with Crippen LogP contribution in [0.25, 0.3) is 0 Å². The smallest absolute Gasteiger partial charge is 0.213 e. The lowest BCUT2D eigenvalue weighted by Crippen LogP contribution is -1.99. The minimum atomic E-state index is 0.445. The van der Waals surface area contributed by atoms with E-state index in [1.807, 2.05) is 49.4 Å². The summed E-state index contributed by atoms with van der Waals surface area (Å²) >= 11 is 0. The third-order valence-corrected chi connectivity index (χ3v) is 2.37. The molecule has 1 aromatic carbocycles. The van der Waals surface area contributed by atoms with E-state index in [0.29, 0.717) is 12.5 Å². The second-order valence-corrected chi connectivity index (χ2v) is 3.78. The molecule has 2 aromatic rings. The first-order valence-electron chi connectivity index (χ1n) is 5.47. The maximum atomic E-state index is 5.65. The summed E-state index contributed by atoms with van der Waals surface area (Å²) in [5, 5.41) is 0. The van der Waals surface area contributed by atoms with Gasteiger partial charge in [0.15, 0.2) is 0 Å². The van der Waals surface area contributed by atoms with Crippen LogP contribution in [0.3, 0.4) is 0 Å². The third-order valence-electron chi connectivity index (χ3n) is 2.37. The lowest BCUT2D eigenvalue weighted by molar-refractivity contribution is 0.298. The number of pyridine rings is 1. The largest absolute Gasteiger partial charge is 0.487 e. The van der Waals surface area contributed by atoms with E-state index in [9.17, 15) is 0 Å². The normalized spacial score (nSPS) is 10.0. The summed E-state index contributed by atoms with van der Waals surface area (Å²) in [6, 6.07) is 13.6. The fourth-order valence-electron chi connectivity index (χ4n) is 1.51. The van der Waals surface area contributed by atoms with E-state index in [1.165, 1.54) is 5.56 Å². The first kappa shape index (κ1) is 11.5. The van der Waals surface area contributed by atoms with Gasteiger partial charge in [-0.1, -0.05) is 18.2 Å². The molecule has 17 heavy (non-hydrogen) atoms. The molecule has 0 saturated heterocycles. The highest BCUT2D eigenvalue weighted by Crippen LogP contribution is 2.14. The monoisotopic (exact) mass is 229 g/mol. The zero-order chi connectivity index (χ0) is 12.1. The molecule has 0 aliphatic carbocycles. The van der Waals surface area contributed by atoms with Crippen molar-refractivity contribution >= 4 is 0 Å². The van der Waals surface area contributed by atoms with Gasteiger partial charge in [-0.3, -0.25) is 0 Å². The zero-order valence-electron chi connectivity index (χ0n) is 10.0. The molecule has 3 nitrogen and oxygen atoms in total. The molecule has 0 aliphatic heterocycles. The molecule has 88 valence electrons. The number of aromatic nitrogens is 1. The van der Waals surface area contributed by atoms with Gasteiger partial charge in [0.2, 0.25) is 5.88 Å². The Morgan fingerprint density at radius 1 is 1.12 bits per heavy atom. The van der Waals surface area contributed by atoms with Crippen LogP contribution in [0.15, 0.2) is 42.5 Å². The summed E-state index contributed by atoms with van der Waals surface area (Å²) in [6.07, 6.45) is 0. The van der Waals surface area contributed by atoms with Crippen molar-refractivity contribution in [1.29, 1.82) is 0 Å². The van der Waals surface area contributed by atoms with Crippen molar-refractivity contribution in [2.24, 2.45) is 0 Å². The highest BCUT2D eigenvalue weighted by molar-refractivity contribution is 5.27. The van der Waals surface area contributed by atoms with Gasteiger partial charge in [-0.05, 0) is 30.7 Å². The quantitative estimate of drug-likeness (QED) is 0.807. The predicted octanol–water partition coefficient (Wildman–Crippen LogP) is 2.98. The van der Waals surface area contributed by atoms with Crippen LogP contribution in [0, 0.1) is 6.92 Å². The molecule has 0 saturated carbocycles. The van der Waals surface area contributed by atoms with E-state index in [0.717, 1.165) is 11.4 Å². The van der Waals surface area contributed by atoms with Crippen LogP contribution in [-0.2, 0) is 6.61 Å². The van der Waals surface area contributed by atoms with Crippen molar-refractivity contribution in [3.8, 4) is 11.6 Å². The van der Waals surface area contributed by atoms with Gasteiger partial charge in [0.25, 0.3) is 0 Å². The maximum Gasteiger partial charge on any atom is 0.213 e. The number of ether oxygens (including phenoxy) is 2. The number of methoxy groups -OCH3 is 1. The average molecular weight is 229 g/mol. The molecule has 0 unspecified atom stereocenters. The Bertz CT molecular complexity index is 497. The lowest BCUT2D eigenvalue weighted by Gasteiger charge is -2.07. The van der Waals surface area contributed by atoms with Crippen LogP contribution < -0.4 is 9.47 Å². The molecule has 0 fully saturated rings. The fraction of sp³-hybridized carbons (Fsp3) is 0.214. The molecule has 1 aromatic heterocycles. The second kappa shape index (κ2) is 5.34. The van der Waals surface area contributed by atoms with Crippen LogP contribution in [0.1, 0.15) is 11.3 Å². The van der Waals surface area contributed by atoms with E-state index in [2.05, 4.69) is 4.98 Å². The van der Waals surface area contributed by atoms with Gasteiger partial charge in [0, 0.05) is 6.07 Å². The first-order valence-corrected chi connectivity index (χ1v) is 5.47. The Balaban J connectivity index is 2.02. The SMILES string of the molecule is COc1cccc(COc2cccc(C)c2)n1. The van der Waals surface area contributed by atoms with E-state index in [-0.39, 0.29) is 0 Å². The van der Waals surface area contributed by atoms with Crippen molar-refractivity contribution in [3.63, 3.8) is 0 Å². The van der Waals surface area contributed by atoms with Crippen molar-refractivity contribution in [3.05, 3.63) is 53.7 Å². The molecule has 0 bridgehead atoms. The highest BCUT2D eigenvalue weighted by Gasteiger charge is 1.99. The highest BCUT2D eigenvalue weighted by atomic mass is 16.5. The number of hydrogen-bond acceptors (Lipinski definition) is 3. The zero-order valence-corrected chi connectivity index (χ0v) is 10.0. The maximum absolute atomic E-state index is 5.65. The van der Waals surface area contributed by atoms with Gasteiger partial charge in [-0.25, -0.2) is 4.98 Å². The Labute approximate surface area is 101 Å². The van der Waals surface area contributed by atoms with E-state index < -0.39 is 0 Å². The van der Waals surface area contributed by atoms with Crippen LogP contribution in [-0.4, -0.2) is 12.1 Å². The minimum Gasteiger partial charge on any atom is -0.487 e. The van der Waals surface area contributed by atoms with Crippen molar-refractivity contribution in [2.75, 3.05) is 7.11 Å². The predicted molar refractivity (Wildman–Crippen MR) is 66.3 cm³/mol. The summed E-state index contributed by atoms with van der Waals surface area (Å²) in [5.74, 6) is 1.46. The molecule has 2 rings (SSSR count). The molecule has 0 radical (unpaired) electrons. The van der Waals surface area contributed by atoms with Gasteiger partial charge >= 0.3 is 0 Å². The van der Waals surface area contributed by atoms with Crippen LogP contribution in [0.4, 0.5) is 0 Å². The van der Waals surface area contributed by atoms with Crippen molar-refractivity contribution in [1.82, 2.24) is 4.98 Å². The Hall–Kier alpha value is -2.03. The summed E-state index contributed by atoms with van der Waals surface area (Å²) < 4.78 is 10.7. The van der Waals surface area contributed by atoms with Gasteiger partial charge in [-0.2, -0.15) is 0 Å². The molecule has 1 heterocycles. The fourth-order valence-corrected chi connectivity index (χ4v) is 1.51. The second-order valence-electron chi connectivity index (χ2n) is 3.78. The summed E-state index contributed by atoms with van der Waals surface area (Å²) in [5.41, 5.74) is 2.03. The summed E-state index contributed by atoms with van der Waals surface area (Å²) in [4.78, 5) is 4.28. The molecule has 0 amide bonds. The molecule has 3 heteroatoms. The molecular formula is C14H15NO2. The van der Waals surface area contributed by atoms with E-state index in [1.54, 1.807) is 7.11 Å². The number of nitrogens with zero attached hydrogens (tertiary/aromatic N) is 1. The summed E-state index contributed by atoms with van der Waals surface area (Å²) in [6.45, 7) is 2.48. The topological polar surface area (TPSA) is 31.4 Å². The van der Waals surface area contributed by atoms with Crippen molar-refractivity contribution < 1.29 is 9.47 Å². The molecular weight excluding hydrogens is 214 g/mol. The summed E-state index contributed by atoms with van der Waals surface area (Å²) in [7, 11) is 1.60. The van der Waals surface area contributed by atoms with Crippen LogP contribution in [0.2, 0.25) is 0 Å². The molecule has 0 spiro atoms. The number of hydrogen-bond donors (Lipinski definition) is 0. The molecule has 0 aliphatic rings. The Morgan fingerprint density at radius 3 is 2.71 bits per heavy atom. The standard InChI is InChI=1S/C14H15NO2/c1-11-5-3-7-13(9-11)17-10-12-6-4-8-14(15-12)16-2/h3-9H,10H2,1-2H3. The molecule has 0 atom stereocenters. The number of benzene rings is 1. The van der Waals surface area contributed by atoms with Gasteiger partial charge in [0.1, 0.15) is 12.4 Å². The lowest BCUT2D eigenvalue weighted by atomic mass is 10.2. The van der Waals surface area contributed by atoms with Gasteiger partial charge in [0.05, 0.1) is 12.8 Å². The first-order chi connectivity index (χ1) is 8.28. The Morgan fingerprint density at radius 2 is 1.94 bits per heavy atom. The van der Waals surface area contributed by atoms with E-state index in [4.69, 9.17) is 9.47 Å². The van der Waals surface area contributed by atoms with E-state index >= 15 is 0 Å². The molecule has 0 N–H and O–H groups in total. The Kier molecular flexibility index (Phi) is 3.60. The number of rotatable bonds is 4.